The Labute approximate surface area is 126 Å². The summed E-state index contributed by atoms with van der Waals surface area (Å²) in [5.74, 6) is 0.870. The second-order valence-corrected chi connectivity index (χ2v) is 5.83. The molecule has 1 aromatic carbocycles. The quantitative estimate of drug-likeness (QED) is 0.568. The monoisotopic (exact) mass is 292 g/mol. The van der Waals surface area contributed by atoms with Crippen LogP contribution in [-0.4, -0.2) is 24.8 Å². The van der Waals surface area contributed by atoms with Crippen molar-refractivity contribution >= 4 is 11.6 Å². The number of ether oxygens (including phenoxy) is 2. The molecule has 1 rings (SSSR count). The molecular weight excluding hydrogens is 268 g/mol. The van der Waals surface area contributed by atoms with Gasteiger partial charge in [0.15, 0.2) is 5.78 Å². The number of Topliss-reactive ketones (excluding diaryl/α,β-unsaturated/α-hetero) is 2. The highest BCUT2D eigenvalue weighted by Gasteiger charge is 2.24. The average molecular weight is 292 g/mol. The smallest absolute Gasteiger partial charge is 0.170 e. The third kappa shape index (κ3) is 5.21. The van der Waals surface area contributed by atoms with E-state index in [-0.39, 0.29) is 18.0 Å². The van der Waals surface area contributed by atoms with E-state index in [0.29, 0.717) is 30.3 Å². The van der Waals surface area contributed by atoms with Gasteiger partial charge in [-0.2, -0.15) is 0 Å². The Morgan fingerprint density at radius 1 is 0.952 bits per heavy atom. The van der Waals surface area contributed by atoms with Crippen LogP contribution < -0.4 is 9.47 Å². The minimum atomic E-state index is -0.518. The van der Waals surface area contributed by atoms with Crippen LogP contribution in [0.25, 0.3) is 0 Å². The molecule has 1 aromatic rings. The molecule has 0 N–H and O–H groups in total. The number of hydrogen-bond acceptors (Lipinski definition) is 4. The van der Waals surface area contributed by atoms with Crippen LogP contribution in [0, 0.1) is 5.41 Å². The van der Waals surface area contributed by atoms with Gasteiger partial charge in [0.25, 0.3) is 0 Å². The van der Waals surface area contributed by atoms with Crippen molar-refractivity contribution in [3.63, 3.8) is 0 Å². The first-order valence-corrected chi connectivity index (χ1v) is 7.25. The molecule has 0 radical (unpaired) electrons. The molecule has 0 aliphatic rings. The van der Waals surface area contributed by atoms with Gasteiger partial charge in [0.2, 0.25) is 0 Å². The second kappa shape index (κ2) is 7.25. The largest absolute Gasteiger partial charge is 0.494 e. The maximum absolute atomic E-state index is 12.3. The van der Waals surface area contributed by atoms with Gasteiger partial charge in [-0.05, 0) is 26.0 Å². The third-order valence-electron chi connectivity index (χ3n) is 2.98. The molecule has 4 heteroatoms. The summed E-state index contributed by atoms with van der Waals surface area (Å²) in [6.07, 6.45) is -0.107. The maximum atomic E-state index is 12.3. The fourth-order valence-corrected chi connectivity index (χ4v) is 1.75. The predicted molar refractivity (Wildman–Crippen MR) is 82.2 cm³/mol. The maximum Gasteiger partial charge on any atom is 0.170 e. The van der Waals surface area contributed by atoms with Crippen LogP contribution in [0.4, 0.5) is 0 Å². The molecule has 0 saturated heterocycles. The van der Waals surface area contributed by atoms with Crippen LogP contribution in [0.2, 0.25) is 0 Å². The van der Waals surface area contributed by atoms with Gasteiger partial charge in [-0.3, -0.25) is 9.59 Å². The van der Waals surface area contributed by atoms with Crippen molar-refractivity contribution in [3.05, 3.63) is 23.8 Å². The van der Waals surface area contributed by atoms with Gasteiger partial charge in [-0.25, -0.2) is 0 Å². The van der Waals surface area contributed by atoms with Gasteiger partial charge in [0, 0.05) is 17.0 Å². The van der Waals surface area contributed by atoms with Crippen molar-refractivity contribution in [3.8, 4) is 11.5 Å². The molecule has 0 amide bonds. The van der Waals surface area contributed by atoms with Crippen LogP contribution in [0.3, 0.4) is 0 Å². The molecule has 0 bridgehead atoms. The fourth-order valence-electron chi connectivity index (χ4n) is 1.75. The lowest BCUT2D eigenvalue weighted by molar-refractivity contribution is -0.125. The first kappa shape index (κ1) is 17.2. The Balaban J connectivity index is 2.99. The first-order valence-electron chi connectivity index (χ1n) is 7.25. The van der Waals surface area contributed by atoms with Gasteiger partial charge in [-0.15, -0.1) is 0 Å². The Bertz CT molecular complexity index is 488. The van der Waals surface area contributed by atoms with E-state index in [1.807, 2.05) is 34.6 Å². The molecule has 0 aromatic heterocycles. The number of carbonyl (C=O) groups is 2. The highest BCUT2D eigenvalue weighted by molar-refractivity contribution is 6.09. The zero-order chi connectivity index (χ0) is 16.0. The SMILES string of the molecule is CCOc1cc(OCC)cc(C(=O)CC(=O)C(C)(C)C)c1. The zero-order valence-electron chi connectivity index (χ0n) is 13.5. The third-order valence-corrected chi connectivity index (χ3v) is 2.98. The number of hydrogen-bond donors (Lipinski definition) is 0. The van der Waals surface area contributed by atoms with Crippen LogP contribution in [0.15, 0.2) is 18.2 Å². The van der Waals surface area contributed by atoms with Crippen molar-refractivity contribution in [1.82, 2.24) is 0 Å². The number of carbonyl (C=O) groups excluding carboxylic acids is 2. The summed E-state index contributed by atoms with van der Waals surface area (Å²) in [5, 5.41) is 0. The lowest BCUT2D eigenvalue weighted by Crippen LogP contribution is -2.23. The predicted octanol–water partition coefficient (Wildman–Crippen LogP) is 3.67. The van der Waals surface area contributed by atoms with E-state index in [0.717, 1.165) is 0 Å². The number of benzene rings is 1. The number of ketones is 2. The Kier molecular flexibility index (Phi) is 5.94. The topological polar surface area (TPSA) is 52.6 Å². The van der Waals surface area contributed by atoms with E-state index >= 15 is 0 Å². The molecule has 0 spiro atoms. The molecule has 116 valence electrons. The molecular formula is C17H24O4. The summed E-state index contributed by atoms with van der Waals surface area (Å²) in [6.45, 7) is 10.2. The summed E-state index contributed by atoms with van der Waals surface area (Å²) < 4.78 is 10.9. The highest BCUT2D eigenvalue weighted by Crippen LogP contribution is 2.25. The van der Waals surface area contributed by atoms with Gasteiger partial charge in [0.05, 0.1) is 19.6 Å². The molecule has 0 aliphatic heterocycles. The second-order valence-electron chi connectivity index (χ2n) is 5.83. The van der Waals surface area contributed by atoms with Crippen molar-refractivity contribution in [2.75, 3.05) is 13.2 Å². The normalized spacial score (nSPS) is 11.1. The van der Waals surface area contributed by atoms with E-state index in [4.69, 9.17) is 9.47 Å². The van der Waals surface area contributed by atoms with Crippen LogP contribution in [0.1, 0.15) is 51.4 Å². The van der Waals surface area contributed by atoms with E-state index in [1.54, 1.807) is 18.2 Å². The molecule has 0 unspecified atom stereocenters. The summed E-state index contributed by atoms with van der Waals surface area (Å²) >= 11 is 0. The molecule has 21 heavy (non-hydrogen) atoms. The lowest BCUT2D eigenvalue weighted by Gasteiger charge is -2.16. The minimum Gasteiger partial charge on any atom is -0.494 e. The molecule has 0 fully saturated rings. The minimum absolute atomic E-state index is 0.0766. The van der Waals surface area contributed by atoms with Gasteiger partial charge in [0.1, 0.15) is 17.3 Å². The van der Waals surface area contributed by atoms with Crippen molar-refractivity contribution in [2.45, 2.75) is 41.0 Å². The van der Waals surface area contributed by atoms with E-state index in [1.165, 1.54) is 0 Å². The van der Waals surface area contributed by atoms with E-state index in [2.05, 4.69) is 0 Å². The number of rotatable bonds is 7. The zero-order valence-corrected chi connectivity index (χ0v) is 13.5. The van der Waals surface area contributed by atoms with Gasteiger partial charge >= 0.3 is 0 Å². The van der Waals surface area contributed by atoms with Gasteiger partial charge in [-0.1, -0.05) is 20.8 Å². The fraction of sp³-hybridized carbons (Fsp3) is 0.529. The Morgan fingerprint density at radius 2 is 1.43 bits per heavy atom. The van der Waals surface area contributed by atoms with Crippen LogP contribution >= 0.6 is 0 Å². The molecule has 0 heterocycles. The average Bonchev–Trinajstić information content (AvgIpc) is 2.38. The van der Waals surface area contributed by atoms with Gasteiger partial charge < -0.3 is 9.47 Å². The van der Waals surface area contributed by atoms with Crippen LogP contribution in [0.5, 0.6) is 11.5 Å². The summed E-state index contributed by atoms with van der Waals surface area (Å²) in [5.41, 5.74) is -0.0716. The summed E-state index contributed by atoms with van der Waals surface area (Å²) in [6, 6.07) is 5.06. The molecule has 0 aliphatic carbocycles. The summed E-state index contributed by atoms with van der Waals surface area (Å²) in [4.78, 5) is 24.3. The standard InChI is InChI=1S/C17H24O4/c1-6-20-13-8-12(9-14(10-13)21-7-2)15(18)11-16(19)17(3,4)5/h8-10H,6-7,11H2,1-5H3. The van der Waals surface area contributed by atoms with E-state index in [9.17, 15) is 9.59 Å². The van der Waals surface area contributed by atoms with Crippen molar-refractivity contribution in [1.29, 1.82) is 0 Å². The van der Waals surface area contributed by atoms with E-state index < -0.39 is 5.41 Å². The Morgan fingerprint density at radius 3 is 1.81 bits per heavy atom. The highest BCUT2D eigenvalue weighted by atomic mass is 16.5. The Hall–Kier alpha value is -1.84. The first-order chi connectivity index (χ1) is 9.77. The molecule has 0 atom stereocenters. The van der Waals surface area contributed by atoms with Crippen molar-refractivity contribution < 1.29 is 19.1 Å². The lowest BCUT2D eigenvalue weighted by atomic mass is 9.87. The van der Waals surface area contributed by atoms with Crippen molar-refractivity contribution in [2.24, 2.45) is 5.41 Å². The van der Waals surface area contributed by atoms with Crippen LogP contribution in [-0.2, 0) is 4.79 Å². The molecule has 4 nitrogen and oxygen atoms in total. The summed E-state index contributed by atoms with van der Waals surface area (Å²) in [7, 11) is 0. The molecule has 0 saturated carbocycles.